The SMILES string of the molecule is C=C/C=C(\C=C)c1nc(N2CCOCC2)nc2c1CCN2c1ccc(OC)cc1.CO. The molecular weight excluding hydrogens is 392 g/mol. The van der Waals surface area contributed by atoms with Crippen molar-refractivity contribution in [1.82, 2.24) is 9.97 Å². The first-order valence-corrected chi connectivity index (χ1v) is 10.3. The summed E-state index contributed by atoms with van der Waals surface area (Å²) in [4.78, 5) is 14.4. The average Bonchev–Trinajstić information content (AvgIpc) is 3.28. The van der Waals surface area contributed by atoms with Crippen molar-refractivity contribution in [1.29, 1.82) is 0 Å². The highest BCUT2D eigenvalue weighted by Crippen LogP contribution is 2.38. The quantitative estimate of drug-likeness (QED) is 0.716. The van der Waals surface area contributed by atoms with E-state index in [1.165, 1.54) is 0 Å². The number of fused-ring (bicyclic) bond motifs is 1. The van der Waals surface area contributed by atoms with Crippen LogP contribution in [0, 0.1) is 0 Å². The predicted molar refractivity (Wildman–Crippen MR) is 125 cm³/mol. The first kappa shape index (κ1) is 22.5. The molecule has 0 amide bonds. The molecule has 7 nitrogen and oxygen atoms in total. The zero-order chi connectivity index (χ0) is 22.2. The largest absolute Gasteiger partial charge is 0.497 e. The van der Waals surface area contributed by atoms with Crippen LogP contribution in [0.15, 0.2) is 55.7 Å². The molecule has 0 unspecified atom stereocenters. The van der Waals surface area contributed by atoms with Crippen molar-refractivity contribution in [3.05, 3.63) is 66.9 Å². The van der Waals surface area contributed by atoms with E-state index in [4.69, 9.17) is 24.5 Å². The number of methoxy groups -OCH3 is 1. The van der Waals surface area contributed by atoms with E-state index >= 15 is 0 Å². The van der Waals surface area contributed by atoms with E-state index in [-0.39, 0.29) is 0 Å². The van der Waals surface area contributed by atoms with Gasteiger partial charge in [-0.2, -0.15) is 4.98 Å². The Morgan fingerprint density at radius 1 is 1.10 bits per heavy atom. The number of nitrogens with zero attached hydrogens (tertiary/aromatic N) is 4. The lowest BCUT2D eigenvalue weighted by Crippen LogP contribution is -2.37. The lowest BCUT2D eigenvalue weighted by molar-refractivity contribution is 0.122. The summed E-state index contributed by atoms with van der Waals surface area (Å²) in [6, 6.07) is 8.09. The van der Waals surface area contributed by atoms with Gasteiger partial charge in [-0.05, 0) is 30.7 Å². The topological polar surface area (TPSA) is 71.0 Å². The lowest BCUT2D eigenvalue weighted by atomic mass is 10.1. The number of anilines is 3. The van der Waals surface area contributed by atoms with Gasteiger partial charge in [0.15, 0.2) is 0 Å². The molecule has 0 atom stereocenters. The Morgan fingerprint density at radius 2 is 1.81 bits per heavy atom. The van der Waals surface area contributed by atoms with Gasteiger partial charge in [-0.3, -0.25) is 0 Å². The fraction of sp³-hybridized carbons (Fsp3) is 0.333. The third-order valence-corrected chi connectivity index (χ3v) is 5.28. The Bertz CT molecular complexity index is 935. The van der Waals surface area contributed by atoms with Crippen molar-refractivity contribution < 1.29 is 14.6 Å². The minimum atomic E-state index is 0.689. The zero-order valence-corrected chi connectivity index (χ0v) is 18.3. The Morgan fingerprint density at radius 3 is 2.42 bits per heavy atom. The molecule has 2 aromatic rings. The van der Waals surface area contributed by atoms with Crippen LogP contribution in [0.1, 0.15) is 11.3 Å². The van der Waals surface area contributed by atoms with E-state index in [1.807, 2.05) is 24.3 Å². The van der Waals surface area contributed by atoms with Crippen LogP contribution in [0.5, 0.6) is 5.75 Å². The van der Waals surface area contributed by atoms with Gasteiger partial charge in [0.2, 0.25) is 5.95 Å². The average molecular weight is 423 g/mol. The molecule has 31 heavy (non-hydrogen) atoms. The van der Waals surface area contributed by atoms with Crippen LogP contribution in [-0.4, -0.2) is 62.1 Å². The molecule has 164 valence electrons. The molecule has 7 heteroatoms. The second-order valence-corrected chi connectivity index (χ2v) is 6.94. The molecule has 1 saturated heterocycles. The molecule has 2 aliphatic rings. The summed E-state index contributed by atoms with van der Waals surface area (Å²) in [5.41, 5.74) is 4.13. The number of ether oxygens (including phenoxy) is 2. The van der Waals surface area contributed by atoms with Gasteiger partial charge >= 0.3 is 0 Å². The predicted octanol–water partition coefficient (Wildman–Crippen LogP) is 3.38. The Hall–Kier alpha value is -3.16. The van der Waals surface area contributed by atoms with Crippen LogP contribution in [0.3, 0.4) is 0 Å². The Balaban J connectivity index is 0.00000132. The van der Waals surface area contributed by atoms with Gasteiger partial charge < -0.3 is 24.4 Å². The van der Waals surface area contributed by atoms with Crippen molar-refractivity contribution in [2.45, 2.75) is 6.42 Å². The fourth-order valence-corrected chi connectivity index (χ4v) is 3.77. The van der Waals surface area contributed by atoms with E-state index in [1.54, 1.807) is 13.2 Å². The summed E-state index contributed by atoms with van der Waals surface area (Å²) < 4.78 is 10.8. The van der Waals surface area contributed by atoms with Crippen LogP contribution in [0.4, 0.5) is 17.5 Å². The first-order chi connectivity index (χ1) is 15.2. The molecule has 0 aliphatic carbocycles. The summed E-state index contributed by atoms with van der Waals surface area (Å²) in [5, 5.41) is 7.00. The fourth-order valence-electron chi connectivity index (χ4n) is 3.77. The molecule has 0 radical (unpaired) electrons. The summed E-state index contributed by atoms with van der Waals surface area (Å²) in [6.45, 7) is 11.6. The molecule has 0 bridgehead atoms. The Labute approximate surface area is 184 Å². The molecule has 3 heterocycles. The highest BCUT2D eigenvalue weighted by Gasteiger charge is 2.29. The van der Waals surface area contributed by atoms with E-state index in [0.29, 0.717) is 13.2 Å². The van der Waals surface area contributed by atoms with Gasteiger partial charge in [0.1, 0.15) is 11.6 Å². The molecular formula is C24H30N4O3. The number of morpholine rings is 1. The highest BCUT2D eigenvalue weighted by atomic mass is 16.5. The van der Waals surface area contributed by atoms with Gasteiger partial charge in [-0.15, -0.1) is 0 Å². The number of hydrogen-bond acceptors (Lipinski definition) is 7. The van der Waals surface area contributed by atoms with Gasteiger partial charge in [-0.25, -0.2) is 4.98 Å². The maximum absolute atomic E-state index is 7.00. The minimum absolute atomic E-state index is 0.689. The van der Waals surface area contributed by atoms with Gasteiger partial charge in [0.25, 0.3) is 0 Å². The maximum atomic E-state index is 7.00. The Kier molecular flexibility index (Phi) is 7.81. The normalized spacial score (nSPS) is 15.6. The molecule has 1 fully saturated rings. The van der Waals surface area contributed by atoms with E-state index < -0.39 is 0 Å². The minimum Gasteiger partial charge on any atom is -0.497 e. The molecule has 1 N–H and O–H groups in total. The van der Waals surface area contributed by atoms with E-state index in [2.05, 4.69) is 35.1 Å². The number of hydrogen-bond donors (Lipinski definition) is 1. The number of aliphatic hydroxyl groups excluding tert-OH is 1. The number of aromatic nitrogens is 2. The van der Waals surface area contributed by atoms with Crippen molar-refractivity contribution >= 4 is 23.0 Å². The maximum Gasteiger partial charge on any atom is 0.228 e. The first-order valence-electron chi connectivity index (χ1n) is 10.3. The van der Waals surface area contributed by atoms with Gasteiger partial charge in [-0.1, -0.05) is 31.4 Å². The molecule has 1 aromatic heterocycles. The summed E-state index contributed by atoms with van der Waals surface area (Å²) in [7, 11) is 2.68. The standard InChI is InChI=1S/C23H26N4O2.CH4O/c1-4-6-17(5-2)21-20-11-12-27(18-7-9-19(28-3)10-8-18)22(20)25-23(24-21)26-13-15-29-16-14-26;1-2/h4-10H,1-2,11-16H2,3H3;2H,1H3/b17-6+;. The smallest absolute Gasteiger partial charge is 0.228 e. The van der Waals surface area contributed by atoms with Crippen molar-refractivity contribution in [2.75, 3.05) is 56.9 Å². The lowest BCUT2D eigenvalue weighted by Gasteiger charge is -2.28. The molecule has 4 rings (SSSR count). The summed E-state index contributed by atoms with van der Waals surface area (Å²) in [5.74, 6) is 2.53. The molecule has 0 spiro atoms. The van der Waals surface area contributed by atoms with Gasteiger partial charge in [0, 0.05) is 43.6 Å². The third kappa shape index (κ3) is 4.78. The second-order valence-electron chi connectivity index (χ2n) is 6.94. The number of benzene rings is 1. The van der Waals surface area contributed by atoms with E-state index in [9.17, 15) is 0 Å². The monoisotopic (exact) mass is 422 g/mol. The van der Waals surface area contributed by atoms with Crippen LogP contribution in [-0.2, 0) is 11.2 Å². The zero-order valence-electron chi connectivity index (χ0n) is 18.3. The van der Waals surface area contributed by atoms with Crippen molar-refractivity contribution in [3.63, 3.8) is 0 Å². The van der Waals surface area contributed by atoms with Crippen molar-refractivity contribution in [2.24, 2.45) is 0 Å². The van der Waals surface area contributed by atoms with E-state index in [0.717, 1.165) is 73.2 Å². The number of aliphatic hydroxyl groups is 1. The second kappa shape index (κ2) is 10.7. The van der Waals surface area contributed by atoms with Crippen molar-refractivity contribution in [3.8, 4) is 5.75 Å². The summed E-state index contributed by atoms with van der Waals surface area (Å²) >= 11 is 0. The van der Waals surface area contributed by atoms with Gasteiger partial charge in [0.05, 0.1) is 26.0 Å². The third-order valence-electron chi connectivity index (χ3n) is 5.28. The number of rotatable bonds is 6. The summed E-state index contributed by atoms with van der Waals surface area (Å²) in [6.07, 6.45) is 6.44. The van der Waals surface area contributed by atoms with Crippen LogP contribution < -0.4 is 14.5 Å². The molecule has 2 aliphatic heterocycles. The van der Waals surface area contributed by atoms with Crippen LogP contribution >= 0.6 is 0 Å². The highest BCUT2D eigenvalue weighted by molar-refractivity contribution is 5.80. The van der Waals surface area contributed by atoms with Crippen LogP contribution in [0.25, 0.3) is 5.57 Å². The molecule has 1 aromatic carbocycles. The molecule has 0 saturated carbocycles. The van der Waals surface area contributed by atoms with Crippen LogP contribution in [0.2, 0.25) is 0 Å². The number of allylic oxidation sites excluding steroid dienone is 4.